The average Bonchev–Trinajstić information content (AvgIpc) is 2.38. The van der Waals surface area contributed by atoms with E-state index in [1.807, 2.05) is 0 Å². The van der Waals surface area contributed by atoms with Crippen LogP contribution in [-0.4, -0.2) is 66.9 Å². The molecule has 0 aromatic rings. The van der Waals surface area contributed by atoms with Gasteiger partial charge in [-0.05, 0) is 27.7 Å². The van der Waals surface area contributed by atoms with Crippen LogP contribution in [0.5, 0.6) is 0 Å². The van der Waals surface area contributed by atoms with Crippen LogP contribution in [0.4, 0.5) is 4.79 Å². The first-order valence-corrected chi connectivity index (χ1v) is 7.29. The molecule has 7 nitrogen and oxygen atoms in total. The summed E-state index contributed by atoms with van der Waals surface area (Å²) in [5.74, 6) is -0.950. The molecule has 7 heteroatoms. The largest absolute Gasteiger partial charge is 0.481 e. The summed E-state index contributed by atoms with van der Waals surface area (Å²) < 4.78 is 4.99. The zero-order valence-electron chi connectivity index (χ0n) is 13.7. The molecule has 124 valence electrons. The first-order valence-electron chi connectivity index (χ1n) is 7.29. The van der Waals surface area contributed by atoms with Crippen LogP contribution in [0.2, 0.25) is 0 Å². The van der Waals surface area contributed by atoms with Crippen molar-refractivity contribution < 1.29 is 19.4 Å². The second-order valence-corrected chi connectivity index (χ2v) is 5.52. The summed E-state index contributed by atoms with van der Waals surface area (Å²) in [6.45, 7) is 9.96. The number of nitrogens with one attached hydrogen (secondary N) is 2. The van der Waals surface area contributed by atoms with Crippen LogP contribution in [0, 0.1) is 0 Å². The Kier molecular flexibility index (Phi) is 9.73. The van der Waals surface area contributed by atoms with Crippen molar-refractivity contribution in [2.75, 3.05) is 26.7 Å². The van der Waals surface area contributed by atoms with Gasteiger partial charge in [0.2, 0.25) is 0 Å². The zero-order valence-corrected chi connectivity index (χ0v) is 13.7. The SMILES string of the molecule is COC(CNC(=O)NCCN(C(C)C)C(C)C)CC(=O)O. The maximum absolute atomic E-state index is 11.6. The van der Waals surface area contributed by atoms with Gasteiger partial charge in [0.15, 0.2) is 0 Å². The van der Waals surface area contributed by atoms with Gasteiger partial charge in [0, 0.05) is 38.8 Å². The molecule has 0 aromatic heterocycles. The van der Waals surface area contributed by atoms with Crippen molar-refractivity contribution in [3.05, 3.63) is 0 Å². The van der Waals surface area contributed by atoms with Crippen LogP contribution in [0.15, 0.2) is 0 Å². The Bertz CT molecular complexity index is 313. The fourth-order valence-corrected chi connectivity index (χ4v) is 2.11. The highest BCUT2D eigenvalue weighted by molar-refractivity contribution is 5.74. The van der Waals surface area contributed by atoms with E-state index in [0.717, 1.165) is 6.54 Å². The molecule has 0 aromatic carbocycles. The smallest absolute Gasteiger partial charge is 0.314 e. The Morgan fingerprint density at radius 2 is 1.71 bits per heavy atom. The highest BCUT2D eigenvalue weighted by Gasteiger charge is 2.15. The van der Waals surface area contributed by atoms with E-state index in [0.29, 0.717) is 18.6 Å². The van der Waals surface area contributed by atoms with Crippen molar-refractivity contribution in [2.45, 2.75) is 52.3 Å². The number of carbonyl (C=O) groups excluding carboxylic acids is 1. The van der Waals surface area contributed by atoms with Gasteiger partial charge in [0.25, 0.3) is 0 Å². The van der Waals surface area contributed by atoms with Gasteiger partial charge in [-0.25, -0.2) is 4.79 Å². The highest BCUT2D eigenvalue weighted by atomic mass is 16.5. The fraction of sp³-hybridized carbons (Fsp3) is 0.857. The third-order valence-corrected chi connectivity index (χ3v) is 3.21. The first-order chi connectivity index (χ1) is 9.77. The molecule has 2 amide bonds. The van der Waals surface area contributed by atoms with E-state index in [4.69, 9.17) is 9.84 Å². The molecule has 0 saturated carbocycles. The molecule has 1 atom stereocenters. The van der Waals surface area contributed by atoms with Crippen LogP contribution >= 0.6 is 0 Å². The molecule has 0 spiro atoms. The van der Waals surface area contributed by atoms with E-state index < -0.39 is 12.1 Å². The molecule has 3 N–H and O–H groups in total. The number of carboxylic acids is 1. The van der Waals surface area contributed by atoms with Crippen LogP contribution in [0.1, 0.15) is 34.1 Å². The monoisotopic (exact) mass is 303 g/mol. The Labute approximate surface area is 127 Å². The number of carbonyl (C=O) groups is 2. The van der Waals surface area contributed by atoms with Gasteiger partial charge >= 0.3 is 12.0 Å². The summed E-state index contributed by atoms with van der Waals surface area (Å²) in [7, 11) is 1.43. The van der Waals surface area contributed by atoms with Crippen molar-refractivity contribution in [3.63, 3.8) is 0 Å². The molecule has 0 saturated heterocycles. The van der Waals surface area contributed by atoms with Crippen LogP contribution in [-0.2, 0) is 9.53 Å². The van der Waals surface area contributed by atoms with Crippen molar-refractivity contribution >= 4 is 12.0 Å². The van der Waals surface area contributed by atoms with E-state index in [-0.39, 0.29) is 19.0 Å². The maximum Gasteiger partial charge on any atom is 0.314 e. The number of amides is 2. The minimum Gasteiger partial charge on any atom is -0.481 e. The third kappa shape index (κ3) is 9.25. The summed E-state index contributed by atoms with van der Waals surface area (Å²) in [5.41, 5.74) is 0. The van der Waals surface area contributed by atoms with Crippen molar-refractivity contribution in [3.8, 4) is 0 Å². The highest BCUT2D eigenvalue weighted by Crippen LogP contribution is 2.03. The number of carboxylic acid groups (broad SMARTS) is 1. The molecule has 0 bridgehead atoms. The molecule has 1 unspecified atom stereocenters. The van der Waals surface area contributed by atoms with Gasteiger partial charge < -0.3 is 20.5 Å². The van der Waals surface area contributed by atoms with Crippen LogP contribution < -0.4 is 10.6 Å². The summed E-state index contributed by atoms with van der Waals surface area (Å²) >= 11 is 0. The van der Waals surface area contributed by atoms with E-state index in [9.17, 15) is 9.59 Å². The fourth-order valence-electron chi connectivity index (χ4n) is 2.11. The summed E-state index contributed by atoms with van der Waals surface area (Å²) in [4.78, 5) is 24.5. The molecule has 21 heavy (non-hydrogen) atoms. The van der Waals surface area contributed by atoms with E-state index in [1.54, 1.807) is 0 Å². The summed E-state index contributed by atoms with van der Waals surface area (Å²) in [6.07, 6.45) is -0.651. The van der Waals surface area contributed by atoms with Crippen LogP contribution in [0.25, 0.3) is 0 Å². The molecule has 0 heterocycles. The summed E-state index contributed by atoms with van der Waals surface area (Å²) in [5, 5.41) is 14.0. The number of hydrogen-bond donors (Lipinski definition) is 3. The predicted octanol–water partition coefficient (Wildman–Crippen LogP) is 0.894. The number of hydrogen-bond acceptors (Lipinski definition) is 4. The Morgan fingerprint density at radius 3 is 2.14 bits per heavy atom. The van der Waals surface area contributed by atoms with Gasteiger partial charge in [0.1, 0.15) is 0 Å². The number of urea groups is 1. The van der Waals surface area contributed by atoms with E-state index >= 15 is 0 Å². The number of nitrogens with zero attached hydrogens (tertiary/aromatic N) is 1. The van der Waals surface area contributed by atoms with Crippen molar-refractivity contribution in [1.82, 2.24) is 15.5 Å². The Morgan fingerprint density at radius 1 is 1.14 bits per heavy atom. The normalized spacial score (nSPS) is 12.8. The minimum absolute atomic E-state index is 0.134. The van der Waals surface area contributed by atoms with E-state index in [2.05, 4.69) is 43.2 Å². The lowest BCUT2D eigenvalue weighted by molar-refractivity contribution is -0.139. The lowest BCUT2D eigenvalue weighted by atomic mass is 10.2. The number of rotatable bonds is 10. The topological polar surface area (TPSA) is 90.9 Å². The van der Waals surface area contributed by atoms with Crippen molar-refractivity contribution in [1.29, 1.82) is 0 Å². The Balaban J connectivity index is 3.96. The lowest BCUT2D eigenvalue weighted by Crippen LogP contribution is -2.46. The van der Waals surface area contributed by atoms with Gasteiger partial charge in [-0.1, -0.05) is 0 Å². The van der Waals surface area contributed by atoms with Gasteiger partial charge in [-0.15, -0.1) is 0 Å². The van der Waals surface area contributed by atoms with Crippen molar-refractivity contribution in [2.24, 2.45) is 0 Å². The van der Waals surface area contributed by atoms with E-state index in [1.165, 1.54) is 7.11 Å². The molecule has 0 rings (SSSR count). The molecular formula is C14H29N3O4. The van der Waals surface area contributed by atoms with Gasteiger partial charge in [-0.3, -0.25) is 9.69 Å². The summed E-state index contributed by atoms with van der Waals surface area (Å²) in [6, 6.07) is 0.529. The molecule has 0 radical (unpaired) electrons. The zero-order chi connectivity index (χ0) is 16.4. The Hall–Kier alpha value is -1.34. The first kappa shape index (κ1) is 19.7. The maximum atomic E-state index is 11.6. The predicted molar refractivity (Wildman–Crippen MR) is 81.4 cm³/mol. The molecule has 0 aliphatic heterocycles. The number of methoxy groups -OCH3 is 1. The quantitative estimate of drug-likeness (QED) is 0.557. The second-order valence-electron chi connectivity index (χ2n) is 5.52. The minimum atomic E-state index is -0.950. The standard InChI is InChI=1S/C14H29N3O4/c1-10(2)17(11(3)4)7-6-15-14(20)16-9-12(21-5)8-13(18)19/h10-12H,6-9H2,1-5H3,(H,18,19)(H2,15,16,20). The molecule has 0 fully saturated rings. The molecular weight excluding hydrogens is 274 g/mol. The van der Waals surface area contributed by atoms with Gasteiger partial charge in [0.05, 0.1) is 12.5 Å². The second kappa shape index (κ2) is 10.4. The van der Waals surface area contributed by atoms with Crippen LogP contribution in [0.3, 0.4) is 0 Å². The third-order valence-electron chi connectivity index (χ3n) is 3.21. The number of aliphatic carboxylic acids is 1. The number of ether oxygens (including phenoxy) is 1. The van der Waals surface area contributed by atoms with Gasteiger partial charge in [-0.2, -0.15) is 0 Å². The lowest BCUT2D eigenvalue weighted by Gasteiger charge is -2.30. The average molecular weight is 303 g/mol. The molecule has 0 aliphatic rings. The molecule has 0 aliphatic carbocycles.